The molecular formula is C21H28N4O2. The summed E-state index contributed by atoms with van der Waals surface area (Å²) in [5.74, 6) is -0.0885. The van der Waals surface area contributed by atoms with Crippen LogP contribution >= 0.6 is 0 Å². The van der Waals surface area contributed by atoms with Crippen molar-refractivity contribution in [1.82, 2.24) is 10.2 Å². The number of carbonyl (C=O) groups excluding carboxylic acids is 2. The molecule has 3 amide bonds. The molecule has 2 aromatic rings. The van der Waals surface area contributed by atoms with E-state index in [1.807, 2.05) is 67.5 Å². The summed E-state index contributed by atoms with van der Waals surface area (Å²) >= 11 is 0. The molecule has 0 fully saturated rings. The van der Waals surface area contributed by atoms with Crippen LogP contribution in [0, 0.1) is 0 Å². The average Bonchev–Trinajstić information content (AvgIpc) is 2.63. The smallest absolute Gasteiger partial charge is 0.317 e. The minimum atomic E-state index is -0.0958. The molecule has 0 aliphatic heterocycles. The van der Waals surface area contributed by atoms with Gasteiger partial charge in [-0.15, -0.1) is 0 Å². The highest BCUT2D eigenvalue weighted by molar-refractivity contribution is 5.88. The van der Waals surface area contributed by atoms with Gasteiger partial charge in [-0.3, -0.25) is 4.79 Å². The van der Waals surface area contributed by atoms with E-state index >= 15 is 0 Å². The highest BCUT2D eigenvalue weighted by Crippen LogP contribution is 2.13. The second-order valence-electron chi connectivity index (χ2n) is 6.78. The minimum absolute atomic E-state index is 0.0885. The van der Waals surface area contributed by atoms with Crippen LogP contribution in [0.25, 0.3) is 0 Å². The molecule has 0 aliphatic carbocycles. The first-order valence-electron chi connectivity index (χ1n) is 8.97. The number of benzene rings is 2. The monoisotopic (exact) mass is 368 g/mol. The summed E-state index contributed by atoms with van der Waals surface area (Å²) in [7, 11) is 5.79. The number of anilines is 2. The van der Waals surface area contributed by atoms with E-state index in [9.17, 15) is 9.59 Å². The zero-order chi connectivity index (χ0) is 19.8. The second-order valence-corrected chi connectivity index (χ2v) is 6.78. The largest absolute Gasteiger partial charge is 0.378 e. The highest BCUT2D eigenvalue weighted by atomic mass is 16.2. The number of urea groups is 1. The van der Waals surface area contributed by atoms with Crippen LogP contribution < -0.4 is 15.5 Å². The van der Waals surface area contributed by atoms with Crippen LogP contribution in [-0.2, 0) is 17.8 Å². The number of nitrogens with one attached hydrogen (secondary N) is 2. The van der Waals surface area contributed by atoms with Crippen LogP contribution in [0.4, 0.5) is 16.2 Å². The van der Waals surface area contributed by atoms with Gasteiger partial charge in [0, 0.05) is 52.5 Å². The van der Waals surface area contributed by atoms with Crippen molar-refractivity contribution in [3.05, 3.63) is 59.7 Å². The standard InChI is InChI=1S/C21H28N4O2/c1-16(26)23-19-9-5-17(6-10-19)13-14-22-21(27)25(4)15-18-7-11-20(12-8-18)24(2)3/h5-12H,13-15H2,1-4H3,(H,22,27)(H,23,26). The molecule has 0 saturated heterocycles. The van der Waals surface area contributed by atoms with Crippen molar-refractivity contribution in [2.75, 3.05) is 37.9 Å². The van der Waals surface area contributed by atoms with Crippen LogP contribution in [0.15, 0.2) is 48.5 Å². The molecule has 0 aromatic heterocycles. The molecule has 2 aromatic carbocycles. The molecular weight excluding hydrogens is 340 g/mol. The number of carbonyl (C=O) groups is 2. The lowest BCUT2D eigenvalue weighted by atomic mass is 10.1. The first-order chi connectivity index (χ1) is 12.8. The summed E-state index contributed by atoms with van der Waals surface area (Å²) < 4.78 is 0. The zero-order valence-corrected chi connectivity index (χ0v) is 16.5. The lowest BCUT2D eigenvalue weighted by molar-refractivity contribution is -0.114. The van der Waals surface area contributed by atoms with Gasteiger partial charge in [-0.2, -0.15) is 0 Å². The summed E-state index contributed by atoms with van der Waals surface area (Å²) in [6.45, 7) is 2.60. The zero-order valence-electron chi connectivity index (χ0n) is 16.5. The fraction of sp³-hybridized carbons (Fsp3) is 0.333. The van der Waals surface area contributed by atoms with Crippen molar-refractivity contribution in [2.45, 2.75) is 19.9 Å². The topological polar surface area (TPSA) is 64.7 Å². The van der Waals surface area contributed by atoms with Gasteiger partial charge in [-0.25, -0.2) is 4.79 Å². The molecule has 6 nitrogen and oxygen atoms in total. The van der Waals surface area contributed by atoms with E-state index < -0.39 is 0 Å². The molecule has 0 saturated carbocycles. The van der Waals surface area contributed by atoms with Crippen molar-refractivity contribution in [2.24, 2.45) is 0 Å². The Hall–Kier alpha value is -3.02. The van der Waals surface area contributed by atoms with Crippen molar-refractivity contribution in [3.63, 3.8) is 0 Å². The summed E-state index contributed by atoms with van der Waals surface area (Å²) in [6, 6.07) is 15.7. The molecule has 0 radical (unpaired) electrons. The molecule has 27 heavy (non-hydrogen) atoms. The first kappa shape index (κ1) is 20.3. The normalized spacial score (nSPS) is 10.2. The van der Waals surface area contributed by atoms with Gasteiger partial charge in [0.25, 0.3) is 0 Å². The van der Waals surface area contributed by atoms with E-state index in [2.05, 4.69) is 10.6 Å². The van der Waals surface area contributed by atoms with E-state index in [1.54, 1.807) is 11.9 Å². The fourth-order valence-corrected chi connectivity index (χ4v) is 2.65. The van der Waals surface area contributed by atoms with E-state index in [4.69, 9.17) is 0 Å². The maximum absolute atomic E-state index is 12.2. The summed E-state index contributed by atoms with van der Waals surface area (Å²) in [5, 5.41) is 5.67. The molecule has 2 rings (SSSR count). The van der Waals surface area contributed by atoms with Crippen LogP contribution in [-0.4, -0.2) is 44.5 Å². The van der Waals surface area contributed by atoms with E-state index in [-0.39, 0.29) is 11.9 Å². The van der Waals surface area contributed by atoms with Crippen molar-refractivity contribution < 1.29 is 9.59 Å². The maximum Gasteiger partial charge on any atom is 0.317 e. The number of hydrogen-bond donors (Lipinski definition) is 2. The molecule has 0 unspecified atom stereocenters. The summed E-state index contributed by atoms with van der Waals surface area (Å²) in [4.78, 5) is 27.0. The van der Waals surface area contributed by atoms with Gasteiger partial charge in [-0.05, 0) is 41.8 Å². The van der Waals surface area contributed by atoms with Gasteiger partial charge >= 0.3 is 6.03 Å². The van der Waals surface area contributed by atoms with Crippen LogP contribution in [0.5, 0.6) is 0 Å². The lowest BCUT2D eigenvalue weighted by Crippen LogP contribution is -2.37. The number of hydrogen-bond acceptors (Lipinski definition) is 3. The molecule has 0 atom stereocenters. The third-order valence-corrected chi connectivity index (χ3v) is 4.18. The minimum Gasteiger partial charge on any atom is -0.378 e. The quantitative estimate of drug-likeness (QED) is 0.789. The summed E-state index contributed by atoms with van der Waals surface area (Å²) in [5.41, 5.74) is 4.10. The molecule has 0 spiro atoms. The molecule has 2 N–H and O–H groups in total. The van der Waals surface area contributed by atoms with Crippen molar-refractivity contribution in [3.8, 4) is 0 Å². The number of rotatable bonds is 7. The highest BCUT2D eigenvalue weighted by Gasteiger charge is 2.08. The Morgan fingerprint density at radius 3 is 2.04 bits per heavy atom. The van der Waals surface area contributed by atoms with Gasteiger partial charge in [0.1, 0.15) is 0 Å². The number of nitrogens with zero attached hydrogens (tertiary/aromatic N) is 2. The SMILES string of the molecule is CC(=O)Nc1ccc(CCNC(=O)N(C)Cc2ccc(N(C)C)cc2)cc1. The van der Waals surface area contributed by atoms with E-state index in [0.717, 1.165) is 28.9 Å². The molecule has 144 valence electrons. The maximum atomic E-state index is 12.2. The predicted molar refractivity (Wildman–Crippen MR) is 110 cm³/mol. The van der Waals surface area contributed by atoms with E-state index in [1.165, 1.54) is 6.92 Å². The molecule has 0 bridgehead atoms. The van der Waals surface area contributed by atoms with Gasteiger partial charge in [0.15, 0.2) is 0 Å². The lowest BCUT2D eigenvalue weighted by Gasteiger charge is -2.19. The number of amides is 3. The third kappa shape index (κ3) is 6.66. The van der Waals surface area contributed by atoms with Crippen molar-refractivity contribution >= 4 is 23.3 Å². The van der Waals surface area contributed by atoms with Gasteiger partial charge in [0.2, 0.25) is 5.91 Å². The first-order valence-corrected chi connectivity index (χ1v) is 8.97. The van der Waals surface area contributed by atoms with Gasteiger partial charge in [0.05, 0.1) is 0 Å². The Morgan fingerprint density at radius 2 is 1.48 bits per heavy atom. The molecule has 0 heterocycles. The van der Waals surface area contributed by atoms with E-state index in [0.29, 0.717) is 13.1 Å². The van der Waals surface area contributed by atoms with Crippen LogP contribution in [0.1, 0.15) is 18.1 Å². The second kappa shape index (κ2) is 9.62. The van der Waals surface area contributed by atoms with Gasteiger partial charge < -0.3 is 20.4 Å². The predicted octanol–water partition coefficient (Wildman–Crippen LogP) is 3.10. The molecule has 6 heteroatoms. The average molecular weight is 368 g/mol. The Kier molecular flexibility index (Phi) is 7.23. The van der Waals surface area contributed by atoms with Crippen LogP contribution in [0.2, 0.25) is 0 Å². The Morgan fingerprint density at radius 1 is 0.889 bits per heavy atom. The van der Waals surface area contributed by atoms with Crippen LogP contribution in [0.3, 0.4) is 0 Å². The Balaban J connectivity index is 1.76. The Bertz CT molecular complexity index is 755. The fourth-order valence-electron chi connectivity index (χ4n) is 2.65. The third-order valence-electron chi connectivity index (χ3n) is 4.18. The Labute approximate surface area is 161 Å². The van der Waals surface area contributed by atoms with Crippen molar-refractivity contribution in [1.29, 1.82) is 0 Å². The molecule has 0 aliphatic rings. The van der Waals surface area contributed by atoms with Gasteiger partial charge in [-0.1, -0.05) is 24.3 Å². The summed E-state index contributed by atoms with van der Waals surface area (Å²) in [6.07, 6.45) is 0.734.